The van der Waals surface area contributed by atoms with Crippen LogP contribution in [-0.2, 0) is 16.0 Å². The molecule has 0 aliphatic carbocycles. The highest BCUT2D eigenvalue weighted by Gasteiger charge is 2.19. The number of nitrogens with two attached hydrogens (primary N) is 1. The summed E-state index contributed by atoms with van der Waals surface area (Å²) in [4.78, 5) is 11.5. The van der Waals surface area contributed by atoms with Crippen molar-refractivity contribution in [1.82, 2.24) is 4.57 Å². The quantitative estimate of drug-likeness (QED) is 0.795. The molecule has 1 heterocycles. The molecule has 2 N–H and O–H groups in total. The minimum absolute atomic E-state index is 0.230. The number of carbonyl (C=O) groups excluding carboxylic acids is 1. The van der Waals surface area contributed by atoms with Crippen LogP contribution in [0, 0.1) is 0 Å². The Labute approximate surface area is 101 Å². The number of rotatable bonds is 5. The SMILES string of the molecule is COC(=O)c1cc(N)cn1CCC(C)(C)OC. The van der Waals surface area contributed by atoms with Crippen molar-refractivity contribution >= 4 is 11.7 Å². The summed E-state index contributed by atoms with van der Waals surface area (Å²) in [6.07, 6.45) is 2.51. The van der Waals surface area contributed by atoms with Crippen molar-refractivity contribution in [3.8, 4) is 0 Å². The van der Waals surface area contributed by atoms with Crippen molar-refractivity contribution in [2.45, 2.75) is 32.4 Å². The van der Waals surface area contributed by atoms with Crippen molar-refractivity contribution in [3.63, 3.8) is 0 Å². The molecule has 0 aliphatic heterocycles. The highest BCUT2D eigenvalue weighted by atomic mass is 16.5. The van der Waals surface area contributed by atoms with E-state index >= 15 is 0 Å². The van der Waals surface area contributed by atoms with Gasteiger partial charge in [0.15, 0.2) is 0 Å². The molecule has 0 saturated carbocycles. The van der Waals surface area contributed by atoms with E-state index in [0.717, 1.165) is 6.42 Å². The third-order valence-corrected chi connectivity index (χ3v) is 2.82. The molecule has 96 valence electrons. The highest BCUT2D eigenvalue weighted by Crippen LogP contribution is 2.18. The molecule has 0 radical (unpaired) electrons. The molecular weight excluding hydrogens is 220 g/mol. The molecule has 0 fully saturated rings. The number of aromatic nitrogens is 1. The average Bonchev–Trinajstić information content (AvgIpc) is 2.67. The van der Waals surface area contributed by atoms with Crippen LogP contribution in [0.5, 0.6) is 0 Å². The summed E-state index contributed by atoms with van der Waals surface area (Å²) in [7, 11) is 3.03. The standard InChI is InChI=1S/C12H20N2O3/c1-12(2,17-4)5-6-14-8-9(13)7-10(14)11(15)16-3/h7-8H,5-6,13H2,1-4H3. The predicted octanol–water partition coefficient (Wildman–Crippen LogP) is 1.67. The number of nitrogen functional groups attached to an aromatic ring is 1. The molecule has 1 aromatic rings. The first-order valence-corrected chi connectivity index (χ1v) is 5.49. The number of ether oxygens (including phenoxy) is 2. The number of anilines is 1. The average molecular weight is 240 g/mol. The lowest BCUT2D eigenvalue weighted by molar-refractivity contribution is 0.0116. The van der Waals surface area contributed by atoms with Crippen molar-refractivity contribution in [2.24, 2.45) is 0 Å². The fraction of sp³-hybridized carbons (Fsp3) is 0.583. The Kier molecular flexibility index (Phi) is 4.17. The molecule has 0 spiro atoms. The Hall–Kier alpha value is -1.49. The van der Waals surface area contributed by atoms with Gasteiger partial charge in [-0.15, -0.1) is 0 Å². The van der Waals surface area contributed by atoms with Crippen LogP contribution in [0.3, 0.4) is 0 Å². The number of esters is 1. The van der Waals surface area contributed by atoms with Gasteiger partial charge in [-0.05, 0) is 26.3 Å². The molecular formula is C12H20N2O3. The maximum absolute atomic E-state index is 11.5. The van der Waals surface area contributed by atoms with E-state index in [1.54, 1.807) is 23.9 Å². The van der Waals surface area contributed by atoms with Crippen molar-refractivity contribution < 1.29 is 14.3 Å². The van der Waals surface area contributed by atoms with Crippen LogP contribution < -0.4 is 5.73 Å². The van der Waals surface area contributed by atoms with Crippen LogP contribution in [0.2, 0.25) is 0 Å². The maximum atomic E-state index is 11.5. The molecule has 17 heavy (non-hydrogen) atoms. The Balaban J connectivity index is 2.80. The smallest absolute Gasteiger partial charge is 0.354 e. The van der Waals surface area contributed by atoms with Crippen molar-refractivity contribution in [1.29, 1.82) is 0 Å². The van der Waals surface area contributed by atoms with Gasteiger partial charge in [0.1, 0.15) is 5.69 Å². The van der Waals surface area contributed by atoms with E-state index in [2.05, 4.69) is 0 Å². The van der Waals surface area contributed by atoms with Gasteiger partial charge in [0, 0.05) is 19.9 Å². The maximum Gasteiger partial charge on any atom is 0.354 e. The second-order valence-electron chi connectivity index (χ2n) is 4.56. The number of nitrogens with zero attached hydrogens (tertiary/aromatic N) is 1. The summed E-state index contributed by atoms with van der Waals surface area (Å²) >= 11 is 0. The van der Waals surface area contributed by atoms with E-state index in [1.165, 1.54) is 7.11 Å². The Morgan fingerprint density at radius 3 is 2.65 bits per heavy atom. The molecule has 0 aliphatic rings. The number of methoxy groups -OCH3 is 2. The zero-order valence-electron chi connectivity index (χ0n) is 10.8. The van der Waals surface area contributed by atoms with E-state index in [1.807, 2.05) is 13.8 Å². The topological polar surface area (TPSA) is 66.5 Å². The lowest BCUT2D eigenvalue weighted by atomic mass is 10.1. The Morgan fingerprint density at radius 2 is 2.12 bits per heavy atom. The molecule has 0 bridgehead atoms. The zero-order valence-corrected chi connectivity index (χ0v) is 10.8. The molecule has 1 aromatic heterocycles. The van der Waals surface area contributed by atoms with Gasteiger partial charge in [-0.25, -0.2) is 4.79 Å². The van der Waals surface area contributed by atoms with Crippen LogP contribution in [0.15, 0.2) is 12.3 Å². The molecule has 0 aromatic carbocycles. The lowest BCUT2D eigenvalue weighted by Crippen LogP contribution is -2.25. The number of aryl methyl sites for hydroxylation is 1. The number of hydrogen-bond acceptors (Lipinski definition) is 4. The summed E-state index contributed by atoms with van der Waals surface area (Å²) in [5.74, 6) is -0.378. The predicted molar refractivity (Wildman–Crippen MR) is 65.9 cm³/mol. The fourth-order valence-electron chi connectivity index (χ4n) is 1.49. The molecule has 1 rings (SSSR count). The molecule has 0 unspecified atom stereocenters. The molecule has 0 atom stereocenters. The third-order valence-electron chi connectivity index (χ3n) is 2.82. The monoisotopic (exact) mass is 240 g/mol. The van der Waals surface area contributed by atoms with Gasteiger partial charge >= 0.3 is 5.97 Å². The molecule has 5 heteroatoms. The largest absolute Gasteiger partial charge is 0.464 e. The van der Waals surface area contributed by atoms with Gasteiger partial charge in [-0.1, -0.05) is 0 Å². The minimum Gasteiger partial charge on any atom is -0.464 e. The molecule has 0 saturated heterocycles. The highest BCUT2D eigenvalue weighted by molar-refractivity contribution is 5.88. The normalized spacial score (nSPS) is 11.5. The second-order valence-corrected chi connectivity index (χ2v) is 4.56. The van der Waals surface area contributed by atoms with E-state index in [0.29, 0.717) is 17.9 Å². The molecule has 0 amide bonds. The first-order chi connectivity index (χ1) is 7.89. The van der Waals surface area contributed by atoms with Gasteiger partial charge in [0.05, 0.1) is 18.4 Å². The summed E-state index contributed by atoms with van der Waals surface area (Å²) in [5.41, 5.74) is 6.48. The lowest BCUT2D eigenvalue weighted by Gasteiger charge is -2.23. The Morgan fingerprint density at radius 1 is 1.47 bits per heavy atom. The van der Waals surface area contributed by atoms with Gasteiger partial charge < -0.3 is 19.8 Å². The van der Waals surface area contributed by atoms with E-state index < -0.39 is 0 Å². The van der Waals surface area contributed by atoms with Crippen molar-refractivity contribution in [3.05, 3.63) is 18.0 Å². The van der Waals surface area contributed by atoms with Gasteiger partial charge in [-0.3, -0.25) is 0 Å². The second kappa shape index (κ2) is 5.23. The zero-order chi connectivity index (χ0) is 13.1. The van der Waals surface area contributed by atoms with Gasteiger partial charge in [0.25, 0.3) is 0 Å². The van der Waals surface area contributed by atoms with Crippen LogP contribution in [-0.4, -0.2) is 30.4 Å². The first-order valence-electron chi connectivity index (χ1n) is 5.49. The van der Waals surface area contributed by atoms with Crippen molar-refractivity contribution in [2.75, 3.05) is 20.0 Å². The number of carbonyl (C=O) groups is 1. The summed E-state index contributed by atoms with van der Waals surface area (Å²) in [5, 5.41) is 0. The minimum atomic E-state index is -0.378. The van der Waals surface area contributed by atoms with Crippen LogP contribution in [0.1, 0.15) is 30.8 Å². The molecule has 5 nitrogen and oxygen atoms in total. The van der Waals surface area contributed by atoms with E-state index in [9.17, 15) is 4.79 Å². The third kappa shape index (κ3) is 3.49. The number of hydrogen-bond donors (Lipinski definition) is 1. The summed E-state index contributed by atoms with van der Waals surface area (Å²) in [6.45, 7) is 4.65. The van der Waals surface area contributed by atoms with Gasteiger partial charge in [-0.2, -0.15) is 0 Å². The van der Waals surface area contributed by atoms with E-state index in [4.69, 9.17) is 15.2 Å². The van der Waals surface area contributed by atoms with Crippen LogP contribution >= 0.6 is 0 Å². The van der Waals surface area contributed by atoms with Gasteiger partial charge in [0.2, 0.25) is 0 Å². The summed E-state index contributed by atoms with van der Waals surface area (Å²) < 4.78 is 11.8. The van der Waals surface area contributed by atoms with Crippen LogP contribution in [0.25, 0.3) is 0 Å². The van der Waals surface area contributed by atoms with Crippen LogP contribution in [0.4, 0.5) is 5.69 Å². The fourth-order valence-corrected chi connectivity index (χ4v) is 1.49. The van der Waals surface area contributed by atoms with E-state index in [-0.39, 0.29) is 11.6 Å². The Bertz CT molecular complexity index is 396. The summed E-state index contributed by atoms with van der Waals surface area (Å²) in [6, 6.07) is 1.62. The first kappa shape index (κ1) is 13.6.